The van der Waals surface area contributed by atoms with Crippen molar-refractivity contribution in [1.82, 2.24) is 9.80 Å². The van der Waals surface area contributed by atoms with E-state index in [2.05, 4.69) is 0 Å². The van der Waals surface area contributed by atoms with E-state index in [0.29, 0.717) is 5.56 Å². The van der Waals surface area contributed by atoms with Crippen LogP contribution in [0.3, 0.4) is 0 Å². The Morgan fingerprint density at radius 1 is 1.16 bits per heavy atom. The molecule has 2 heterocycles. The van der Waals surface area contributed by atoms with Gasteiger partial charge >= 0.3 is 0 Å². The van der Waals surface area contributed by atoms with Crippen LogP contribution < -0.4 is 4.90 Å². The summed E-state index contributed by atoms with van der Waals surface area (Å²) in [7, 11) is 0. The van der Waals surface area contributed by atoms with Crippen molar-refractivity contribution in [2.75, 3.05) is 24.5 Å². The lowest BCUT2D eigenvalue weighted by Gasteiger charge is -2.47. The standard InChI is InChI=1S/C27H27F3N4O3/c1-17(2)24(36)32-11-10-27(16-32)25(37)33(22-9-6-19(13-31)12-21(22)28)15-23(35)34(27)14-18-4-7-20(8-5-18)26(3,29)30/h4-9,12,17H,10-11,14-16H2,1-3H3/t27-/m0/s1. The molecule has 0 N–H and O–H groups in total. The highest BCUT2D eigenvalue weighted by Gasteiger charge is 2.57. The van der Waals surface area contributed by atoms with Crippen molar-refractivity contribution in [2.45, 2.75) is 45.2 Å². The second-order valence-corrected chi connectivity index (χ2v) is 9.93. The fourth-order valence-corrected chi connectivity index (χ4v) is 4.95. The molecule has 0 bridgehead atoms. The molecule has 1 spiro atoms. The van der Waals surface area contributed by atoms with Crippen LogP contribution in [0.25, 0.3) is 0 Å². The summed E-state index contributed by atoms with van der Waals surface area (Å²) in [5.74, 6) is -5.33. The average molecular weight is 513 g/mol. The van der Waals surface area contributed by atoms with E-state index in [1.54, 1.807) is 13.8 Å². The van der Waals surface area contributed by atoms with Gasteiger partial charge in [0.2, 0.25) is 11.8 Å². The van der Waals surface area contributed by atoms with Crippen molar-refractivity contribution >= 4 is 23.4 Å². The number of alkyl halides is 2. The predicted octanol–water partition coefficient (Wildman–Crippen LogP) is 3.81. The number of benzene rings is 2. The number of piperazine rings is 1. The second-order valence-electron chi connectivity index (χ2n) is 9.93. The summed E-state index contributed by atoms with van der Waals surface area (Å²) in [6, 6.07) is 11.0. The SMILES string of the molecule is CC(C)C(=O)N1CC[C@]2(C1)C(=O)N(c1ccc(C#N)cc1F)CC(=O)N2Cc1ccc(C(C)(F)F)cc1. The normalized spacial score (nSPS) is 20.2. The summed E-state index contributed by atoms with van der Waals surface area (Å²) in [4.78, 5) is 44.2. The molecular weight excluding hydrogens is 485 g/mol. The highest BCUT2D eigenvalue weighted by atomic mass is 19.3. The van der Waals surface area contributed by atoms with E-state index in [4.69, 9.17) is 5.26 Å². The molecule has 4 rings (SSSR count). The topological polar surface area (TPSA) is 84.7 Å². The van der Waals surface area contributed by atoms with Gasteiger partial charge in [0, 0.05) is 31.5 Å². The molecule has 194 valence electrons. The zero-order valence-corrected chi connectivity index (χ0v) is 20.8. The van der Waals surface area contributed by atoms with Gasteiger partial charge < -0.3 is 9.80 Å². The van der Waals surface area contributed by atoms with Crippen molar-refractivity contribution in [3.8, 4) is 6.07 Å². The van der Waals surface area contributed by atoms with Crippen molar-refractivity contribution in [1.29, 1.82) is 5.26 Å². The largest absolute Gasteiger partial charge is 0.339 e. The molecule has 0 saturated carbocycles. The number of hydrogen-bond acceptors (Lipinski definition) is 4. The minimum absolute atomic E-state index is 0.0342. The number of nitrogens with zero attached hydrogens (tertiary/aromatic N) is 4. The Morgan fingerprint density at radius 3 is 2.41 bits per heavy atom. The predicted molar refractivity (Wildman–Crippen MR) is 129 cm³/mol. The number of hydrogen-bond donors (Lipinski definition) is 0. The molecule has 2 saturated heterocycles. The molecular formula is C27H27F3N4O3. The number of likely N-dealkylation sites (tertiary alicyclic amines) is 1. The summed E-state index contributed by atoms with van der Waals surface area (Å²) in [5.41, 5.74) is -1.14. The van der Waals surface area contributed by atoms with Crippen LogP contribution in [-0.2, 0) is 26.9 Å². The first-order valence-electron chi connectivity index (χ1n) is 12.0. The van der Waals surface area contributed by atoms with Crippen LogP contribution in [0.5, 0.6) is 0 Å². The number of halogens is 3. The molecule has 0 aromatic heterocycles. The van der Waals surface area contributed by atoms with Crippen LogP contribution in [-0.4, -0.2) is 52.7 Å². The molecule has 37 heavy (non-hydrogen) atoms. The smallest absolute Gasteiger partial charge is 0.270 e. The summed E-state index contributed by atoms with van der Waals surface area (Å²) < 4.78 is 42.2. The van der Waals surface area contributed by atoms with E-state index < -0.39 is 35.6 Å². The van der Waals surface area contributed by atoms with Gasteiger partial charge in [-0.1, -0.05) is 38.1 Å². The fourth-order valence-electron chi connectivity index (χ4n) is 4.95. The Balaban J connectivity index is 1.72. The Morgan fingerprint density at radius 2 is 1.84 bits per heavy atom. The zero-order chi connectivity index (χ0) is 27.1. The summed E-state index contributed by atoms with van der Waals surface area (Å²) in [5, 5.41) is 9.05. The van der Waals surface area contributed by atoms with E-state index in [1.165, 1.54) is 46.2 Å². The Bertz CT molecular complexity index is 1280. The van der Waals surface area contributed by atoms with Crippen molar-refractivity contribution in [2.24, 2.45) is 5.92 Å². The molecule has 7 nitrogen and oxygen atoms in total. The third-order valence-electron chi connectivity index (χ3n) is 6.98. The number of anilines is 1. The first kappa shape index (κ1) is 26.2. The van der Waals surface area contributed by atoms with Gasteiger partial charge in [-0.05, 0) is 30.2 Å². The van der Waals surface area contributed by atoms with Gasteiger partial charge in [0.05, 0.1) is 23.9 Å². The molecule has 2 aliphatic heterocycles. The van der Waals surface area contributed by atoms with Crippen molar-refractivity contribution < 1.29 is 27.6 Å². The summed E-state index contributed by atoms with van der Waals surface area (Å²) in [6.07, 6.45) is 0.148. The van der Waals surface area contributed by atoms with Crippen molar-refractivity contribution in [3.05, 3.63) is 65.0 Å². The maximum absolute atomic E-state index is 14.9. The number of rotatable bonds is 5. The van der Waals surface area contributed by atoms with Crippen LogP contribution in [0.2, 0.25) is 0 Å². The number of carbonyl (C=O) groups is 3. The van der Waals surface area contributed by atoms with E-state index >= 15 is 0 Å². The second kappa shape index (κ2) is 9.54. The van der Waals surface area contributed by atoms with Crippen LogP contribution in [0, 0.1) is 23.1 Å². The summed E-state index contributed by atoms with van der Waals surface area (Å²) in [6.45, 7) is 3.97. The summed E-state index contributed by atoms with van der Waals surface area (Å²) >= 11 is 0. The van der Waals surface area contributed by atoms with Crippen LogP contribution in [0.1, 0.15) is 43.9 Å². The van der Waals surface area contributed by atoms with Crippen LogP contribution in [0.15, 0.2) is 42.5 Å². The maximum Gasteiger partial charge on any atom is 0.270 e. The van der Waals surface area contributed by atoms with E-state index in [0.717, 1.165) is 17.9 Å². The first-order chi connectivity index (χ1) is 17.4. The minimum Gasteiger partial charge on any atom is -0.339 e. The Hall–Kier alpha value is -3.87. The molecule has 0 unspecified atom stereocenters. The van der Waals surface area contributed by atoms with E-state index in [-0.39, 0.29) is 54.7 Å². The molecule has 2 aromatic carbocycles. The highest BCUT2D eigenvalue weighted by Crippen LogP contribution is 2.38. The number of carbonyl (C=O) groups excluding carboxylic acids is 3. The zero-order valence-electron chi connectivity index (χ0n) is 20.8. The highest BCUT2D eigenvalue weighted by molar-refractivity contribution is 6.10. The number of nitriles is 1. The fraction of sp³-hybridized carbons (Fsp3) is 0.407. The molecule has 3 amide bonds. The van der Waals surface area contributed by atoms with Gasteiger partial charge in [-0.25, -0.2) is 13.2 Å². The van der Waals surface area contributed by atoms with E-state index in [9.17, 15) is 27.6 Å². The molecule has 2 aromatic rings. The molecule has 0 aliphatic carbocycles. The van der Waals surface area contributed by atoms with Gasteiger partial charge in [0.15, 0.2) is 0 Å². The Labute approximate surface area is 213 Å². The Kier molecular flexibility index (Phi) is 6.76. The van der Waals surface area contributed by atoms with Gasteiger partial charge in [-0.2, -0.15) is 5.26 Å². The third kappa shape index (κ3) is 4.78. The van der Waals surface area contributed by atoms with Crippen LogP contribution in [0.4, 0.5) is 18.9 Å². The number of amides is 3. The molecule has 2 aliphatic rings. The quantitative estimate of drug-likeness (QED) is 0.610. The lowest BCUT2D eigenvalue weighted by Crippen LogP contribution is -2.69. The van der Waals surface area contributed by atoms with Crippen LogP contribution >= 0.6 is 0 Å². The third-order valence-corrected chi connectivity index (χ3v) is 6.98. The molecule has 1 atom stereocenters. The molecule has 2 fully saturated rings. The molecule has 10 heteroatoms. The van der Waals surface area contributed by atoms with Gasteiger partial charge in [-0.3, -0.25) is 19.3 Å². The van der Waals surface area contributed by atoms with E-state index in [1.807, 2.05) is 6.07 Å². The lowest BCUT2D eigenvalue weighted by atomic mass is 9.89. The monoisotopic (exact) mass is 512 g/mol. The van der Waals surface area contributed by atoms with Gasteiger partial charge in [-0.15, -0.1) is 0 Å². The average Bonchev–Trinajstić information content (AvgIpc) is 3.29. The molecule has 0 radical (unpaired) electrons. The maximum atomic E-state index is 14.9. The first-order valence-corrected chi connectivity index (χ1v) is 12.0. The van der Waals surface area contributed by atoms with Crippen molar-refractivity contribution in [3.63, 3.8) is 0 Å². The van der Waals surface area contributed by atoms with Gasteiger partial charge in [0.25, 0.3) is 11.8 Å². The lowest BCUT2D eigenvalue weighted by molar-refractivity contribution is -0.152. The van der Waals surface area contributed by atoms with Gasteiger partial charge in [0.1, 0.15) is 17.9 Å². The minimum atomic E-state index is -3.02.